The Hall–Kier alpha value is -0.860. The molecule has 0 amide bonds. The quantitative estimate of drug-likeness (QED) is 0.838. The minimum absolute atomic E-state index is 0.306. The lowest BCUT2D eigenvalue weighted by atomic mass is 9.88. The van der Waals surface area contributed by atoms with Gasteiger partial charge < -0.3 is 10.4 Å². The van der Waals surface area contributed by atoms with Gasteiger partial charge in [-0.3, -0.25) is 0 Å². The third-order valence-corrected chi connectivity index (χ3v) is 3.61. The number of piperidine rings is 1. The summed E-state index contributed by atoms with van der Waals surface area (Å²) in [4.78, 5) is 0. The molecule has 0 bridgehead atoms. The van der Waals surface area contributed by atoms with Crippen molar-refractivity contribution in [3.8, 4) is 0 Å². The largest absolute Gasteiger partial charge is 0.388 e. The van der Waals surface area contributed by atoms with Gasteiger partial charge in [-0.05, 0) is 36.9 Å². The first kappa shape index (κ1) is 12.6. The summed E-state index contributed by atoms with van der Waals surface area (Å²) < 4.78 is 0. The van der Waals surface area contributed by atoms with E-state index in [1.54, 1.807) is 0 Å². The first-order valence-electron chi connectivity index (χ1n) is 6.79. The summed E-state index contributed by atoms with van der Waals surface area (Å²) in [5.41, 5.74) is 2.43. The van der Waals surface area contributed by atoms with Crippen molar-refractivity contribution in [2.75, 3.05) is 13.1 Å². The lowest BCUT2D eigenvalue weighted by molar-refractivity contribution is 0.0921. The summed E-state index contributed by atoms with van der Waals surface area (Å²) in [6.07, 6.45) is 4.26. The number of hydrogen-bond acceptors (Lipinski definition) is 2. The van der Waals surface area contributed by atoms with E-state index in [9.17, 15) is 5.11 Å². The number of aliphatic hydroxyl groups excluding tert-OH is 1. The van der Waals surface area contributed by atoms with Gasteiger partial charge in [-0.1, -0.05) is 37.6 Å². The molecule has 2 N–H and O–H groups in total. The van der Waals surface area contributed by atoms with Crippen LogP contribution in [0.4, 0.5) is 0 Å². The minimum atomic E-state index is -0.306. The Balaban J connectivity index is 2.06. The highest BCUT2D eigenvalue weighted by atomic mass is 16.3. The SMILES string of the molecule is CCCc1cccc(C(O)C2CCCNC2)c1. The number of nitrogens with one attached hydrogen (secondary N) is 1. The number of aryl methyl sites for hydroxylation is 1. The lowest BCUT2D eigenvalue weighted by Gasteiger charge is -2.27. The zero-order valence-electron chi connectivity index (χ0n) is 10.7. The first-order chi connectivity index (χ1) is 8.31. The van der Waals surface area contributed by atoms with Crippen LogP contribution in [0, 0.1) is 5.92 Å². The van der Waals surface area contributed by atoms with E-state index in [0.717, 1.165) is 37.9 Å². The topological polar surface area (TPSA) is 32.3 Å². The minimum Gasteiger partial charge on any atom is -0.388 e. The molecule has 17 heavy (non-hydrogen) atoms. The van der Waals surface area contributed by atoms with Crippen molar-refractivity contribution < 1.29 is 5.11 Å². The molecule has 0 aromatic heterocycles. The zero-order chi connectivity index (χ0) is 12.1. The standard InChI is InChI=1S/C15H23NO/c1-2-5-12-6-3-7-13(10-12)15(17)14-8-4-9-16-11-14/h3,6-7,10,14-17H,2,4-5,8-9,11H2,1H3. The zero-order valence-corrected chi connectivity index (χ0v) is 10.7. The number of aliphatic hydroxyl groups is 1. The average Bonchev–Trinajstić information content (AvgIpc) is 2.40. The molecule has 2 atom stereocenters. The molecule has 1 fully saturated rings. The third-order valence-electron chi connectivity index (χ3n) is 3.61. The summed E-state index contributed by atoms with van der Waals surface area (Å²) >= 11 is 0. The Kier molecular flexibility index (Phi) is 4.57. The lowest BCUT2D eigenvalue weighted by Crippen LogP contribution is -2.33. The van der Waals surface area contributed by atoms with E-state index in [-0.39, 0.29) is 6.10 Å². The van der Waals surface area contributed by atoms with E-state index in [4.69, 9.17) is 0 Å². The van der Waals surface area contributed by atoms with Gasteiger partial charge in [-0.2, -0.15) is 0 Å². The molecular formula is C15H23NO. The Labute approximate surface area is 104 Å². The van der Waals surface area contributed by atoms with Crippen molar-refractivity contribution in [3.05, 3.63) is 35.4 Å². The van der Waals surface area contributed by atoms with Gasteiger partial charge >= 0.3 is 0 Å². The first-order valence-corrected chi connectivity index (χ1v) is 6.79. The maximum absolute atomic E-state index is 10.4. The summed E-state index contributed by atoms with van der Waals surface area (Å²) in [6.45, 7) is 4.23. The normalized spacial score (nSPS) is 22.4. The Morgan fingerprint density at radius 2 is 2.35 bits per heavy atom. The van der Waals surface area contributed by atoms with Crippen molar-refractivity contribution >= 4 is 0 Å². The van der Waals surface area contributed by atoms with Crippen molar-refractivity contribution in [1.29, 1.82) is 0 Å². The van der Waals surface area contributed by atoms with E-state index in [0.29, 0.717) is 5.92 Å². The van der Waals surface area contributed by atoms with Crippen molar-refractivity contribution in [1.82, 2.24) is 5.32 Å². The fourth-order valence-corrected chi connectivity index (χ4v) is 2.64. The van der Waals surface area contributed by atoms with Gasteiger partial charge in [0.25, 0.3) is 0 Å². The second-order valence-corrected chi connectivity index (χ2v) is 5.05. The van der Waals surface area contributed by atoms with Crippen LogP contribution < -0.4 is 5.32 Å². The van der Waals surface area contributed by atoms with Crippen LogP contribution in [-0.4, -0.2) is 18.2 Å². The molecule has 0 spiro atoms. The van der Waals surface area contributed by atoms with Gasteiger partial charge in [0.1, 0.15) is 0 Å². The maximum atomic E-state index is 10.4. The Morgan fingerprint density at radius 3 is 3.06 bits per heavy atom. The summed E-state index contributed by atoms with van der Waals surface area (Å²) in [5, 5.41) is 13.8. The van der Waals surface area contributed by atoms with Crippen molar-refractivity contribution in [3.63, 3.8) is 0 Å². The molecular weight excluding hydrogens is 210 g/mol. The molecule has 0 saturated carbocycles. The smallest absolute Gasteiger partial charge is 0.0830 e. The third kappa shape index (κ3) is 3.30. The van der Waals surface area contributed by atoms with Crippen LogP contribution in [0.1, 0.15) is 43.4 Å². The number of benzene rings is 1. The van der Waals surface area contributed by atoms with Crippen LogP contribution in [0.25, 0.3) is 0 Å². The van der Waals surface area contributed by atoms with Crippen LogP contribution >= 0.6 is 0 Å². The predicted molar refractivity (Wildman–Crippen MR) is 71.0 cm³/mol. The van der Waals surface area contributed by atoms with E-state index in [2.05, 4.69) is 36.5 Å². The molecule has 1 heterocycles. The molecule has 2 rings (SSSR count). The highest BCUT2D eigenvalue weighted by Gasteiger charge is 2.22. The fourth-order valence-electron chi connectivity index (χ4n) is 2.64. The second kappa shape index (κ2) is 6.18. The van der Waals surface area contributed by atoms with E-state index >= 15 is 0 Å². The summed E-state index contributed by atoms with van der Waals surface area (Å²) in [5.74, 6) is 0.376. The van der Waals surface area contributed by atoms with E-state index in [1.165, 1.54) is 12.0 Å². The Morgan fingerprint density at radius 1 is 1.47 bits per heavy atom. The van der Waals surface area contributed by atoms with E-state index in [1.807, 2.05) is 0 Å². The van der Waals surface area contributed by atoms with Crippen LogP contribution in [0.5, 0.6) is 0 Å². The molecule has 1 aliphatic heterocycles. The van der Waals surface area contributed by atoms with Gasteiger partial charge in [0.05, 0.1) is 6.10 Å². The molecule has 2 heteroatoms. The molecule has 1 saturated heterocycles. The Bertz CT molecular complexity index is 345. The predicted octanol–water partition coefficient (Wildman–Crippen LogP) is 2.67. The molecule has 2 nitrogen and oxygen atoms in total. The van der Waals surface area contributed by atoms with Crippen LogP contribution in [-0.2, 0) is 6.42 Å². The molecule has 1 aromatic rings. The van der Waals surface area contributed by atoms with Crippen molar-refractivity contribution in [2.45, 2.75) is 38.7 Å². The van der Waals surface area contributed by atoms with Crippen LogP contribution in [0.15, 0.2) is 24.3 Å². The van der Waals surface area contributed by atoms with Gasteiger partial charge in [-0.25, -0.2) is 0 Å². The van der Waals surface area contributed by atoms with Gasteiger partial charge in [-0.15, -0.1) is 0 Å². The van der Waals surface area contributed by atoms with Crippen LogP contribution in [0.3, 0.4) is 0 Å². The summed E-state index contributed by atoms with van der Waals surface area (Å²) in [7, 11) is 0. The monoisotopic (exact) mass is 233 g/mol. The highest BCUT2D eigenvalue weighted by molar-refractivity contribution is 5.25. The average molecular weight is 233 g/mol. The number of hydrogen-bond donors (Lipinski definition) is 2. The maximum Gasteiger partial charge on any atom is 0.0830 e. The summed E-state index contributed by atoms with van der Waals surface area (Å²) in [6, 6.07) is 8.44. The van der Waals surface area contributed by atoms with Gasteiger partial charge in [0.2, 0.25) is 0 Å². The fraction of sp³-hybridized carbons (Fsp3) is 0.600. The highest BCUT2D eigenvalue weighted by Crippen LogP contribution is 2.27. The molecule has 0 aliphatic carbocycles. The molecule has 2 unspecified atom stereocenters. The van der Waals surface area contributed by atoms with Gasteiger partial charge in [0, 0.05) is 12.5 Å². The van der Waals surface area contributed by atoms with Crippen molar-refractivity contribution in [2.24, 2.45) is 5.92 Å². The molecule has 0 radical (unpaired) electrons. The second-order valence-electron chi connectivity index (χ2n) is 5.05. The molecule has 1 aromatic carbocycles. The molecule has 1 aliphatic rings. The molecule has 94 valence electrons. The number of rotatable bonds is 4. The van der Waals surface area contributed by atoms with Crippen LogP contribution in [0.2, 0.25) is 0 Å². The van der Waals surface area contributed by atoms with Gasteiger partial charge in [0.15, 0.2) is 0 Å². The van der Waals surface area contributed by atoms with E-state index < -0.39 is 0 Å².